The topological polar surface area (TPSA) is 66.8 Å². The van der Waals surface area contributed by atoms with Gasteiger partial charge in [0.1, 0.15) is 22.5 Å². The van der Waals surface area contributed by atoms with E-state index < -0.39 is 11.8 Å². The van der Waals surface area contributed by atoms with E-state index in [4.69, 9.17) is 33.7 Å². The zero-order valence-corrected chi connectivity index (χ0v) is 18.0. The lowest BCUT2D eigenvalue weighted by atomic mass is 10.2. The number of carbonyl (C=O) groups is 2. The fourth-order valence-corrected chi connectivity index (χ4v) is 4.24. The molecule has 0 aromatic heterocycles. The molecule has 2 aromatic rings. The van der Waals surface area contributed by atoms with E-state index in [0.29, 0.717) is 26.4 Å². The molecule has 0 saturated carbocycles. The molecule has 1 N–H and O–H groups in total. The normalized spacial score (nSPS) is 15.1. The van der Waals surface area contributed by atoms with Crippen LogP contribution in [-0.2, 0) is 16.2 Å². The maximum absolute atomic E-state index is 13.8. The van der Waals surface area contributed by atoms with Crippen molar-refractivity contribution in [3.8, 4) is 5.75 Å². The number of hydrogen-bond acceptors (Lipinski definition) is 5. The predicted octanol–water partition coefficient (Wildman–Crippen LogP) is 5.12. The van der Waals surface area contributed by atoms with Gasteiger partial charge >= 0.3 is 5.97 Å². The number of carboxylic acids is 1. The highest BCUT2D eigenvalue weighted by Gasteiger charge is 2.31. The van der Waals surface area contributed by atoms with E-state index in [-0.39, 0.29) is 31.0 Å². The minimum absolute atomic E-state index is 0.000145. The van der Waals surface area contributed by atoms with Gasteiger partial charge in [-0.1, -0.05) is 53.8 Å². The first-order valence-corrected chi connectivity index (χ1v) is 10.6. The molecule has 0 unspecified atom stereocenters. The van der Waals surface area contributed by atoms with Crippen LogP contribution in [0.3, 0.4) is 0 Å². The lowest BCUT2D eigenvalue weighted by molar-refractivity contribution is -0.137. The second-order valence-electron chi connectivity index (χ2n) is 6.39. The molecule has 30 heavy (non-hydrogen) atoms. The van der Waals surface area contributed by atoms with Crippen LogP contribution in [0, 0.1) is 5.82 Å². The third-order valence-electron chi connectivity index (χ3n) is 4.27. The number of carbonyl (C=O) groups excluding carboxylic acids is 1. The quantitative estimate of drug-likeness (QED) is 0.431. The smallest absolute Gasteiger partial charge is 0.303 e. The molecule has 5 nitrogen and oxygen atoms in total. The number of benzene rings is 2. The molecule has 156 valence electrons. The molecule has 1 aliphatic rings. The van der Waals surface area contributed by atoms with Crippen LogP contribution in [0.5, 0.6) is 5.75 Å². The van der Waals surface area contributed by atoms with E-state index in [2.05, 4.69) is 0 Å². The highest BCUT2D eigenvalue weighted by atomic mass is 35.5. The van der Waals surface area contributed by atoms with E-state index in [9.17, 15) is 14.0 Å². The highest BCUT2D eigenvalue weighted by molar-refractivity contribution is 8.26. The van der Waals surface area contributed by atoms with Gasteiger partial charge in [0.25, 0.3) is 5.91 Å². The average molecular weight is 466 g/mol. The summed E-state index contributed by atoms with van der Waals surface area (Å²) in [5, 5.41) is 9.03. The average Bonchev–Trinajstić information content (AvgIpc) is 2.96. The Morgan fingerprint density at radius 1 is 1.27 bits per heavy atom. The van der Waals surface area contributed by atoms with Crippen molar-refractivity contribution in [1.29, 1.82) is 0 Å². The van der Waals surface area contributed by atoms with E-state index in [1.165, 1.54) is 28.8 Å². The van der Waals surface area contributed by atoms with Crippen LogP contribution in [0.25, 0.3) is 6.08 Å². The molecular formula is C21H17ClFNO4S2. The van der Waals surface area contributed by atoms with E-state index >= 15 is 0 Å². The molecular weight excluding hydrogens is 449 g/mol. The highest BCUT2D eigenvalue weighted by Crippen LogP contribution is 2.33. The molecule has 1 fully saturated rings. The number of carboxylic acid groups (broad SMARTS) is 1. The van der Waals surface area contributed by atoms with Crippen LogP contribution in [-0.4, -0.2) is 32.7 Å². The number of ether oxygens (including phenoxy) is 1. The number of thioether (sulfide) groups is 1. The summed E-state index contributed by atoms with van der Waals surface area (Å²) in [5.41, 5.74) is 1.06. The van der Waals surface area contributed by atoms with Crippen molar-refractivity contribution in [2.45, 2.75) is 19.4 Å². The van der Waals surface area contributed by atoms with Crippen molar-refractivity contribution < 1.29 is 23.8 Å². The SMILES string of the molecule is O=C(O)CCCN1C(=O)C(=Cc2ccc(OCc3c(F)cccc3Cl)cc2)SC1=S. The minimum Gasteiger partial charge on any atom is -0.489 e. The largest absolute Gasteiger partial charge is 0.489 e. The maximum Gasteiger partial charge on any atom is 0.303 e. The summed E-state index contributed by atoms with van der Waals surface area (Å²) in [7, 11) is 0. The summed E-state index contributed by atoms with van der Waals surface area (Å²) in [6.07, 6.45) is 2.04. The zero-order valence-electron chi connectivity index (χ0n) is 15.6. The number of aliphatic carboxylic acids is 1. The Morgan fingerprint density at radius 3 is 2.67 bits per heavy atom. The molecule has 0 atom stereocenters. The Hall–Kier alpha value is -2.42. The molecule has 1 amide bonds. The summed E-state index contributed by atoms with van der Waals surface area (Å²) in [6, 6.07) is 11.4. The van der Waals surface area contributed by atoms with Crippen LogP contribution in [0.2, 0.25) is 5.02 Å². The van der Waals surface area contributed by atoms with Gasteiger partial charge in [-0.15, -0.1) is 0 Å². The molecule has 1 saturated heterocycles. The first-order valence-electron chi connectivity index (χ1n) is 8.98. The zero-order chi connectivity index (χ0) is 21.7. The monoisotopic (exact) mass is 465 g/mol. The summed E-state index contributed by atoms with van der Waals surface area (Å²) in [6.45, 7) is 0.277. The number of nitrogens with zero attached hydrogens (tertiary/aromatic N) is 1. The summed E-state index contributed by atoms with van der Waals surface area (Å²) in [4.78, 5) is 25.1. The fraction of sp³-hybridized carbons (Fsp3) is 0.190. The van der Waals surface area contributed by atoms with Crippen LogP contribution < -0.4 is 4.74 Å². The van der Waals surface area contributed by atoms with Crippen molar-refractivity contribution in [2.75, 3.05) is 6.54 Å². The fourth-order valence-electron chi connectivity index (χ4n) is 2.72. The Bertz CT molecular complexity index is 990. The van der Waals surface area contributed by atoms with Gasteiger partial charge < -0.3 is 9.84 Å². The van der Waals surface area contributed by atoms with E-state index in [0.717, 1.165) is 5.56 Å². The van der Waals surface area contributed by atoms with Crippen LogP contribution in [0.15, 0.2) is 47.4 Å². The van der Waals surface area contributed by atoms with Gasteiger partial charge in [0, 0.05) is 18.5 Å². The second-order valence-corrected chi connectivity index (χ2v) is 8.47. The van der Waals surface area contributed by atoms with E-state index in [1.807, 2.05) is 0 Å². The van der Waals surface area contributed by atoms with Gasteiger partial charge in [0.05, 0.1) is 9.93 Å². The van der Waals surface area contributed by atoms with Crippen molar-refractivity contribution >= 4 is 57.9 Å². The van der Waals surface area contributed by atoms with E-state index in [1.54, 1.807) is 36.4 Å². The number of halogens is 2. The van der Waals surface area contributed by atoms with Gasteiger partial charge in [-0.3, -0.25) is 14.5 Å². The van der Waals surface area contributed by atoms with Gasteiger partial charge in [-0.05, 0) is 42.3 Å². The number of thiocarbonyl (C=S) groups is 1. The molecule has 1 heterocycles. The molecule has 0 radical (unpaired) electrons. The van der Waals surface area contributed by atoms with Crippen LogP contribution >= 0.6 is 35.6 Å². The molecule has 2 aromatic carbocycles. The number of rotatable bonds is 8. The first kappa shape index (κ1) is 22.3. The maximum atomic E-state index is 13.8. The van der Waals surface area contributed by atoms with Crippen molar-refractivity contribution in [3.05, 3.63) is 69.3 Å². The Kier molecular flexibility index (Phi) is 7.47. The number of hydrogen-bond donors (Lipinski definition) is 1. The van der Waals surface area contributed by atoms with Gasteiger partial charge in [0.2, 0.25) is 0 Å². The van der Waals surface area contributed by atoms with Crippen LogP contribution in [0.1, 0.15) is 24.0 Å². The Balaban J connectivity index is 1.62. The Labute approximate surface area is 187 Å². The lowest BCUT2D eigenvalue weighted by Gasteiger charge is -2.13. The summed E-state index contributed by atoms with van der Waals surface area (Å²) < 4.78 is 19.8. The molecule has 3 rings (SSSR count). The lowest BCUT2D eigenvalue weighted by Crippen LogP contribution is -2.29. The third-order valence-corrected chi connectivity index (χ3v) is 6.00. The number of amides is 1. The van der Waals surface area contributed by atoms with Crippen molar-refractivity contribution in [3.63, 3.8) is 0 Å². The second kappa shape index (κ2) is 10.1. The Morgan fingerprint density at radius 2 is 2.00 bits per heavy atom. The van der Waals surface area contributed by atoms with Crippen molar-refractivity contribution in [1.82, 2.24) is 4.90 Å². The third kappa shape index (κ3) is 5.59. The molecule has 9 heteroatoms. The van der Waals surface area contributed by atoms with Gasteiger partial charge in [-0.2, -0.15) is 0 Å². The molecule has 1 aliphatic heterocycles. The standard InChI is InChI=1S/C21H17ClFNO4S2/c22-16-3-1-4-17(23)15(16)12-28-14-8-6-13(7-9-14)11-18-20(27)24(21(29)30-18)10-2-5-19(25)26/h1,3-4,6-9,11H,2,5,10,12H2,(H,25,26). The van der Waals surface area contributed by atoms with Gasteiger partial charge in [0.15, 0.2) is 0 Å². The molecule has 0 aliphatic carbocycles. The summed E-state index contributed by atoms with van der Waals surface area (Å²) in [5.74, 6) is -1.03. The minimum atomic E-state index is -0.907. The molecule has 0 spiro atoms. The van der Waals surface area contributed by atoms with Gasteiger partial charge in [-0.25, -0.2) is 4.39 Å². The van der Waals surface area contributed by atoms with Crippen molar-refractivity contribution in [2.24, 2.45) is 0 Å². The first-order chi connectivity index (χ1) is 14.3. The summed E-state index contributed by atoms with van der Waals surface area (Å²) >= 11 is 12.4. The predicted molar refractivity (Wildman–Crippen MR) is 119 cm³/mol. The molecule has 0 bridgehead atoms. The van der Waals surface area contributed by atoms with Crippen LogP contribution in [0.4, 0.5) is 4.39 Å².